The Morgan fingerprint density at radius 1 is 0.879 bits per heavy atom. The molecule has 3 aliphatic rings. The van der Waals surface area contributed by atoms with Gasteiger partial charge >= 0.3 is 0 Å². The Morgan fingerprint density at radius 3 is 2.27 bits per heavy atom. The van der Waals surface area contributed by atoms with Gasteiger partial charge in [0.1, 0.15) is 0 Å². The highest BCUT2D eigenvalue weighted by molar-refractivity contribution is 5.98. The third-order valence-electron chi connectivity index (χ3n) is 8.84. The molecular formula is C29H35NO3. The molecule has 2 unspecified atom stereocenters. The van der Waals surface area contributed by atoms with Crippen LogP contribution in [0.15, 0.2) is 60.7 Å². The minimum absolute atomic E-state index is 0.0296. The first-order valence-electron chi connectivity index (χ1n) is 12.6. The van der Waals surface area contributed by atoms with Crippen LogP contribution in [0.25, 0.3) is 0 Å². The molecular weight excluding hydrogens is 410 g/mol. The number of amides is 1. The first-order chi connectivity index (χ1) is 15.9. The number of rotatable bonds is 4. The highest BCUT2D eigenvalue weighted by Gasteiger charge is 2.57. The summed E-state index contributed by atoms with van der Waals surface area (Å²) in [4.78, 5) is 28.9. The number of benzene rings is 2. The molecule has 2 saturated carbocycles. The van der Waals surface area contributed by atoms with E-state index >= 15 is 0 Å². The molecule has 2 aromatic rings. The molecule has 1 heterocycles. The van der Waals surface area contributed by atoms with Gasteiger partial charge in [-0.05, 0) is 51.0 Å². The van der Waals surface area contributed by atoms with Gasteiger partial charge in [-0.2, -0.15) is 0 Å². The highest BCUT2D eigenvalue weighted by atomic mass is 16.3. The molecule has 33 heavy (non-hydrogen) atoms. The van der Waals surface area contributed by atoms with Crippen LogP contribution in [-0.4, -0.2) is 33.8 Å². The molecule has 1 saturated heterocycles. The summed E-state index contributed by atoms with van der Waals surface area (Å²) >= 11 is 0. The van der Waals surface area contributed by atoms with Crippen LogP contribution in [-0.2, 0) is 10.4 Å². The first kappa shape index (κ1) is 22.3. The van der Waals surface area contributed by atoms with Crippen LogP contribution in [0.5, 0.6) is 0 Å². The largest absolute Gasteiger partial charge is 0.385 e. The van der Waals surface area contributed by atoms with E-state index in [1.54, 1.807) is 0 Å². The molecule has 1 amide bonds. The summed E-state index contributed by atoms with van der Waals surface area (Å²) in [6.45, 7) is 2.77. The van der Waals surface area contributed by atoms with Gasteiger partial charge in [-0.1, -0.05) is 73.5 Å². The van der Waals surface area contributed by atoms with Gasteiger partial charge in [-0.3, -0.25) is 9.59 Å². The maximum absolute atomic E-state index is 13.8. The van der Waals surface area contributed by atoms with Gasteiger partial charge in [0.25, 0.3) is 0 Å². The SMILES string of the molecule is C[C@@]12CCCC[C@H]1[C@](O)(c1ccccc1)CCN2C(=O)C1CCC(C(=O)c2ccccc2)C1. The predicted octanol–water partition coefficient (Wildman–Crippen LogP) is 5.35. The highest BCUT2D eigenvalue weighted by Crippen LogP contribution is 2.53. The number of Topliss-reactive ketones (excluding diaryl/α,β-unsaturated/α-hetero) is 1. The van der Waals surface area contributed by atoms with Crippen molar-refractivity contribution in [1.29, 1.82) is 0 Å². The van der Waals surface area contributed by atoms with Crippen LogP contribution in [0.3, 0.4) is 0 Å². The number of nitrogens with zero attached hydrogens (tertiary/aromatic N) is 1. The normalized spacial score (nSPS) is 34.0. The van der Waals surface area contributed by atoms with Gasteiger partial charge in [0.2, 0.25) is 5.91 Å². The van der Waals surface area contributed by atoms with E-state index in [1.807, 2.05) is 60.7 Å². The number of hydrogen-bond acceptors (Lipinski definition) is 3. The van der Waals surface area contributed by atoms with Crippen molar-refractivity contribution in [2.45, 2.75) is 69.4 Å². The fourth-order valence-corrected chi connectivity index (χ4v) is 7.04. The summed E-state index contributed by atoms with van der Waals surface area (Å²) in [6.07, 6.45) is 6.82. The second-order valence-electron chi connectivity index (χ2n) is 10.6. The van der Waals surface area contributed by atoms with Crippen molar-refractivity contribution < 1.29 is 14.7 Å². The van der Waals surface area contributed by atoms with Gasteiger partial charge in [-0.25, -0.2) is 0 Å². The number of likely N-dealkylation sites (tertiary alicyclic amines) is 1. The summed E-state index contributed by atoms with van der Waals surface area (Å²) < 4.78 is 0. The van der Waals surface area contributed by atoms with Crippen LogP contribution in [0.1, 0.15) is 74.2 Å². The predicted molar refractivity (Wildman–Crippen MR) is 129 cm³/mol. The molecule has 5 atom stereocenters. The molecule has 2 aromatic carbocycles. The summed E-state index contributed by atoms with van der Waals surface area (Å²) in [5, 5.41) is 11.9. The molecule has 3 fully saturated rings. The third-order valence-corrected chi connectivity index (χ3v) is 8.84. The lowest BCUT2D eigenvalue weighted by Gasteiger charge is -2.59. The molecule has 4 heteroatoms. The zero-order valence-electron chi connectivity index (χ0n) is 19.6. The Kier molecular flexibility index (Phi) is 5.90. The van der Waals surface area contributed by atoms with Crippen molar-refractivity contribution in [2.24, 2.45) is 17.8 Å². The Bertz CT molecular complexity index is 1010. The lowest BCUT2D eigenvalue weighted by Crippen LogP contribution is -2.66. The van der Waals surface area contributed by atoms with E-state index in [1.165, 1.54) is 0 Å². The van der Waals surface area contributed by atoms with Crippen molar-refractivity contribution in [1.82, 2.24) is 4.90 Å². The minimum Gasteiger partial charge on any atom is -0.385 e. The van der Waals surface area contributed by atoms with Crippen molar-refractivity contribution in [3.8, 4) is 0 Å². The van der Waals surface area contributed by atoms with Gasteiger partial charge in [-0.15, -0.1) is 0 Å². The van der Waals surface area contributed by atoms with Gasteiger partial charge in [0, 0.05) is 35.4 Å². The lowest BCUT2D eigenvalue weighted by atomic mass is 9.59. The second-order valence-corrected chi connectivity index (χ2v) is 10.6. The van der Waals surface area contributed by atoms with Crippen molar-refractivity contribution in [3.63, 3.8) is 0 Å². The maximum atomic E-state index is 13.8. The summed E-state index contributed by atoms with van der Waals surface area (Å²) in [6, 6.07) is 19.5. The minimum atomic E-state index is -0.894. The van der Waals surface area contributed by atoms with Crippen LogP contribution in [0.4, 0.5) is 0 Å². The van der Waals surface area contributed by atoms with E-state index in [4.69, 9.17) is 0 Å². The van der Waals surface area contributed by atoms with Crippen molar-refractivity contribution in [3.05, 3.63) is 71.8 Å². The second kappa shape index (κ2) is 8.72. The van der Waals surface area contributed by atoms with Crippen LogP contribution in [0.2, 0.25) is 0 Å². The van der Waals surface area contributed by atoms with Crippen LogP contribution >= 0.6 is 0 Å². The third kappa shape index (κ3) is 3.82. The van der Waals surface area contributed by atoms with Crippen molar-refractivity contribution in [2.75, 3.05) is 6.54 Å². The zero-order valence-corrected chi connectivity index (χ0v) is 19.6. The Morgan fingerprint density at radius 2 is 1.55 bits per heavy atom. The van der Waals surface area contributed by atoms with Gasteiger partial charge < -0.3 is 10.0 Å². The quantitative estimate of drug-likeness (QED) is 0.645. The number of hydrogen-bond donors (Lipinski definition) is 1. The van der Waals surface area contributed by atoms with Gasteiger partial charge in [0.15, 0.2) is 5.78 Å². The van der Waals surface area contributed by atoms with E-state index in [0.29, 0.717) is 19.4 Å². The Balaban J connectivity index is 1.36. The smallest absolute Gasteiger partial charge is 0.226 e. The molecule has 5 rings (SSSR count). The standard InChI is InChI=1S/C29H35NO3/c1-28-17-9-8-14-25(28)29(33,24-12-6-3-7-13-24)18-19-30(28)27(32)23-16-15-22(20-23)26(31)21-10-4-2-5-11-21/h2-7,10-13,22-23,25,33H,8-9,14-20H2,1H3/t22?,23?,25-,28-,29-/m1/s1. The molecule has 0 radical (unpaired) electrons. The molecule has 0 bridgehead atoms. The molecule has 4 nitrogen and oxygen atoms in total. The zero-order chi connectivity index (χ0) is 23.1. The summed E-state index contributed by atoms with van der Waals surface area (Å²) in [7, 11) is 0. The van der Waals surface area contributed by atoms with Gasteiger partial charge in [0.05, 0.1) is 5.60 Å². The van der Waals surface area contributed by atoms with E-state index in [-0.39, 0.29) is 35.0 Å². The monoisotopic (exact) mass is 445 g/mol. The molecule has 174 valence electrons. The summed E-state index contributed by atoms with van der Waals surface area (Å²) in [5.74, 6) is 0.238. The number of fused-ring (bicyclic) bond motifs is 1. The number of piperidine rings is 1. The van der Waals surface area contributed by atoms with E-state index < -0.39 is 5.60 Å². The summed E-state index contributed by atoms with van der Waals surface area (Å²) in [5.41, 5.74) is 0.486. The van der Waals surface area contributed by atoms with Crippen LogP contribution < -0.4 is 0 Å². The molecule has 2 aliphatic carbocycles. The molecule has 0 aromatic heterocycles. The van der Waals surface area contributed by atoms with E-state index in [2.05, 4.69) is 11.8 Å². The van der Waals surface area contributed by atoms with Crippen molar-refractivity contribution >= 4 is 11.7 Å². The maximum Gasteiger partial charge on any atom is 0.226 e. The lowest BCUT2D eigenvalue weighted by molar-refractivity contribution is -0.178. The molecule has 1 N–H and O–H groups in total. The number of ketones is 1. The Hall–Kier alpha value is -2.46. The molecule has 0 spiro atoms. The topological polar surface area (TPSA) is 57.6 Å². The fourth-order valence-electron chi connectivity index (χ4n) is 7.04. The Labute approximate surface area is 197 Å². The average molecular weight is 446 g/mol. The first-order valence-corrected chi connectivity index (χ1v) is 12.6. The fraction of sp³-hybridized carbons (Fsp3) is 0.517. The number of aliphatic hydroxyl groups is 1. The number of carbonyl (C=O) groups excluding carboxylic acids is 2. The van der Waals surface area contributed by atoms with E-state index in [9.17, 15) is 14.7 Å². The van der Waals surface area contributed by atoms with E-state index in [0.717, 1.165) is 49.7 Å². The average Bonchev–Trinajstić information content (AvgIpc) is 3.35. The molecule has 1 aliphatic heterocycles. The number of carbonyl (C=O) groups is 2. The van der Waals surface area contributed by atoms with Crippen LogP contribution in [0, 0.1) is 17.8 Å².